The predicted molar refractivity (Wildman–Crippen MR) is 66.3 cm³/mol. The average Bonchev–Trinajstić information content (AvgIpc) is 2.32. The molecule has 1 atom stereocenters. The fraction of sp³-hybridized carbons (Fsp3) is 0.455. The number of pyridine rings is 1. The van der Waals surface area contributed by atoms with Crippen LogP contribution in [0.15, 0.2) is 10.7 Å². The van der Waals surface area contributed by atoms with Gasteiger partial charge >= 0.3 is 6.09 Å². The van der Waals surface area contributed by atoms with Crippen molar-refractivity contribution < 1.29 is 15.0 Å². The molecule has 1 aliphatic heterocycles. The van der Waals surface area contributed by atoms with Gasteiger partial charge in [-0.3, -0.25) is 9.88 Å². The zero-order chi connectivity index (χ0) is 12.6. The number of amides is 1. The summed E-state index contributed by atoms with van der Waals surface area (Å²) in [6.07, 6.45) is 1.28. The minimum Gasteiger partial charge on any atom is -0.465 e. The summed E-state index contributed by atoms with van der Waals surface area (Å²) in [6, 6.07) is 0. The van der Waals surface area contributed by atoms with Crippen LogP contribution in [0.1, 0.15) is 11.3 Å². The first kappa shape index (κ1) is 12.3. The Labute approximate surface area is 107 Å². The van der Waals surface area contributed by atoms with Crippen LogP contribution in [0.4, 0.5) is 10.5 Å². The van der Waals surface area contributed by atoms with Crippen LogP contribution in [0, 0.1) is 12.8 Å². The number of anilines is 1. The van der Waals surface area contributed by atoms with Crippen LogP contribution in [-0.2, 0) is 6.42 Å². The largest absolute Gasteiger partial charge is 0.465 e. The van der Waals surface area contributed by atoms with E-state index in [0.717, 1.165) is 15.7 Å². The van der Waals surface area contributed by atoms with Gasteiger partial charge in [0.25, 0.3) is 0 Å². The number of aliphatic hydroxyl groups excluding tert-OH is 1. The van der Waals surface area contributed by atoms with Gasteiger partial charge in [-0.15, -0.1) is 0 Å². The van der Waals surface area contributed by atoms with Crippen molar-refractivity contribution >= 4 is 27.7 Å². The maximum absolute atomic E-state index is 11.2. The van der Waals surface area contributed by atoms with E-state index in [1.807, 2.05) is 6.92 Å². The monoisotopic (exact) mass is 300 g/mol. The number of aromatic nitrogens is 1. The zero-order valence-corrected chi connectivity index (χ0v) is 10.9. The number of hydrogen-bond acceptors (Lipinski definition) is 3. The number of rotatable bonds is 1. The number of nitrogens with zero attached hydrogens (tertiary/aromatic N) is 2. The van der Waals surface area contributed by atoms with Crippen molar-refractivity contribution in [2.75, 3.05) is 18.1 Å². The number of fused-ring (bicyclic) bond motifs is 1. The summed E-state index contributed by atoms with van der Waals surface area (Å²) in [6.45, 7) is 2.15. The lowest BCUT2D eigenvalue weighted by Gasteiger charge is -2.32. The van der Waals surface area contributed by atoms with Crippen LogP contribution in [0.25, 0.3) is 0 Å². The summed E-state index contributed by atoms with van der Waals surface area (Å²) in [4.78, 5) is 16.8. The number of hydrogen-bond donors (Lipinski definition) is 2. The molecule has 2 N–H and O–H groups in total. The molecule has 17 heavy (non-hydrogen) atoms. The molecule has 2 heterocycles. The molecule has 5 nitrogen and oxygen atoms in total. The highest BCUT2D eigenvalue weighted by Gasteiger charge is 2.30. The molecule has 0 aliphatic carbocycles. The number of carbonyl (C=O) groups is 1. The number of aliphatic hydroxyl groups is 1. The molecule has 2 rings (SSSR count). The molecule has 92 valence electrons. The molecule has 0 spiro atoms. The Morgan fingerprint density at radius 3 is 3.00 bits per heavy atom. The maximum atomic E-state index is 11.2. The second-order valence-corrected chi connectivity index (χ2v) is 5.03. The quantitative estimate of drug-likeness (QED) is 0.829. The molecule has 1 aromatic heterocycles. The number of carboxylic acid groups (broad SMARTS) is 1. The molecule has 0 radical (unpaired) electrons. The molecular formula is C11H13BrN2O3. The minimum atomic E-state index is -1.01. The Kier molecular flexibility index (Phi) is 3.35. The van der Waals surface area contributed by atoms with Gasteiger partial charge in [-0.1, -0.05) is 0 Å². The van der Waals surface area contributed by atoms with Gasteiger partial charge in [0.15, 0.2) is 0 Å². The van der Waals surface area contributed by atoms with Crippen molar-refractivity contribution in [1.29, 1.82) is 0 Å². The van der Waals surface area contributed by atoms with Crippen molar-refractivity contribution in [3.63, 3.8) is 0 Å². The highest BCUT2D eigenvalue weighted by Crippen LogP contribution is 2.34. The van der Waals surface area contributed by atoms with Crippen molar-refractivity contribution in [1.82, 2.24) is 4.98 Å². The third kappa shape index (κ3) is 2.14. The molecule has 1 unspecified atom stereocenters. The highest BCUT2D eigenvalue weighted by atomic mass is 79.9. The molecular weight excluding hydrogens is 288 g/mol. The van der Waals surface area contributed by atoms with Gasteiger partial charge < -0.3 is 10.2 Å². The average molecular weight is 301 g/mol. The molecule has 1 aromatic rings. The summed E-state index contributed by atoms with van der Waals surface area (Å²) in [5, 5.41) is 18.4. The normalized spacial score (nSPS) is 19.0. The van der Waals surface area contributed by atoms with Crippen LogP contribution < -0.4 is 4.90 Å². The Morgan fingerprint density at radius 1 is 1.71 bits per heavy atom. The van der Waals surface area contributed by atoms with E-state index < -0.39 is 6.09 Å². The summed E-state index contributed by atoms with van der Waals surface area (Å²) < 4.78 is 0.796. The summed E-state index contributed by atoms with van der Waals surface area (Å²) >= 11 is 3.35. The van der Waals surface area contributed by atoms with E-state index in [4.69, 9.17) is 0 Å². The van der Waals surface area contributed by atoms with Gasteiger partial charge in [-0.25, -0.2) is 4.79 Å². The van der Waals surface area contributed by atoms with Crippen LogP contribution in [0.5, 0.6) is 0 Å². The Balaban J connectivity index is 2.53. The first-order valence-electron chi connectivity index (χ1n) is 5.30. The maximum Gasteiger partial charge on any atom is 0.411 e. The van der Waals surface area contributed by atoms with E-state index >= 15 is 0 Å². The van der Waals surface area contributed by atoms with Gasteiger partial charge in [0.05, 0.1) is 11.4 Å². The summed E-state index contributed by atoms with van der Waals surface area (Å²) in [5.41, 5.74) is 2.25. The molecule has 0 saturated carbocycles. The third-order valence-electron chi connectivity index (χ3n) is 3.00. The third-order valence-corrected chi connectivity index (χ3v) is 3.80. The van der Waals surface area contributed by atoms with Crippen LogP contribution in [0.3, 0.4) is 0 Å². The van der Waals surface area contributed by atoms with Gasteiger partial charge in [0, 0.05) is 29.7 Å². The Hall–Kier alpha value is -1.14. The van der Waals surface area contributed by atoms with E-state index in [1.54, 1.807) is 6.20 Å². The van der Waals surface area contributed by atoms with Crippen LogP contribution >= 0.6 is 15.9 Å². The Morgan fingerprint density at radius 2 is 2.41 bits per heavy atom. The standard InChI is InChI=1S/C11H13BrN2O3/c1-6-8(12)3-13-9-2-7(5-15)4-14(10(6)9)11(16)17/h3,7,15H,2,4-5H2,1H3,(H,16,17). The van der Waals surface area contributed by atoms with Crippen molar-refractivity contribution in [3.05, 3.63) is 21.9 Å². The highest BCUT2D eigenvalue weighted by molar-refractivity contribution is 9.10. The molecule has 0 aromatic carbocycles. The van der Waals surface area contributed by atoms with E-state index in [2.05, 4.69) is 20.9 Å². The van der Waals surface area contributed by atoms with Gasteiger partial charge in [0.1, 0.15) is 0 Å². The second kappa shape index (κ2) is 4.62. The smallest absolute Gasteiger partial charge is 0.411 e. The molecule has 1 amide bonds. The SMILES string of the molecule is Cc1c(Br)cnc2c1N(C(=O)O)CC(CO)C2. The lowest BCUT2D eigenvalue weighted by molar-refractivity contribution is 0.191. The van der Waals surface area contributed by atoms with Crippen molar-refractivity contribution in [3.8, 4) is 0 Å². The first-order valence-corrected chi connectivity index (χ1v) is 6.09. The zero-order valence-electron chi connectivity index (χ0n) is 9.35. The van der Waals surface area contributed by atoms with Crippen molar-refractivity contribution in [2.24, 2.45) is 5.92 Å². The van der Waals surface area contributed by atoms with Gasteiger partial charge in [-0.05, 0) is 34.8 Å². The van der Waals surface area contributed by atoms with Crippen LogP contribution in [0.2, 0.25) is 0 Å². The molecule has 1 aliphatic rings. The fourth-order valence-corrected chi connectivity index (χ4v) is 2.40. The van der Waals surface area contributed by atoms with E-state index in [9.17, 15) is 15.0 Å². The van der Waals surface area contributed by atoms with Crippen LogP contribution in [-0.4, -0.2) is 34.4 Å². The Bertz CT molecular complexity index is 464. The van der Waals surface area contributed by atoms with E-state index in [1.165, 1.54) is 4.90 Å². The molecule has 0 saturated heterocycles. The second-order valence-electron chi connectivity index (χ2n) is 4.17. The predicted octanol–water partition coefficient (Wildman–Crippen LogP) is 1.80. The van der Waals surface area contributed by atoms with Gasteiger partial charge in [-0.2, -0.15) is 0 Å². The van der Waals surface area contributed by atoms with Crippen molar-refractivity contribution in [2.45, 2.75) is 13.3 Å². The molecule has 6 heteroatoms. The van der Waals surface area contributed by atoms with Gasteiger partial charge in [0.2, 0.25) is 0 Å². The summed E-state index contributed by atoms with van der Waals surface area (Å²) in [5.74, 6) is -0.0772. The molecule has 0 bridgehead atoms. The minimum absolute atomic E-state index is 0.0278. The lowest BCUT2D eigenvalue weighted by atomic mass is 9.95. The summed E-state index contributed by atoms with van der Waals surface area (Å²) in [7, 11) is 0. The first-order chi connectivity index (χ1) is 8.04. The van der Waals surface area contributed by atoms with E-state index in [0.29, 0.717) is 18.7 Å². The number of halogens is 1. The molecule has 0 fully saturated rings. The van der Waals surface area contributed by atoms with E-state index in [-0.39, 0.29) is 12.5 Å². The topological polar surface area (TPSA) is 73.7 Å². The lowest BCUT2D eigenvalue weighted by Crippen LogP contribution is -2.41. The fourth-order valence-electron chi connectivity index (χ4n) is 2.11.